The Labute approximate surface area is 234 Å². The summed E-state index contributed by atoms with van der Waals surface area (Å²) in [5, 5.41) is 63.4. The van der Waals surface area contributed by atoms with E-state index in [4.69, 9.17) is 28.4 Å². The van der Waals surface area contributed by atoms with Crippen molar-refractivity contribution in [3.8, 4) is 5.75 Å². The van der Waals surface area contributed by atoms with Gasteiger partial charge < -0.3 is 59.1 Å². The van der Waals surface area contributed by atoms with Crippen molar-refractivity contribution in [2.24, 2.45) is 5.92 Å². The molecule has 0 bridgehead atoms. The zero-order chi connectivity index (χ0) is 30.1. The molecular formula is C27H34O14. The standard InChI is InChI=1S/C27H34O14/c1-26(34)17(40-18(29)9-6-13-4-7-14(36-2)8-5-13)10-27(35)15(23(33)37-3)12-38-25(22(26)27)41-24-21(32)20(31)19(30)16(11-28)39-24/h4-9,12,16-17,19-22,24-25,28,30-32,34-35H,10-11H2,1-3H3/t16-,17+,19-,20+,21-,22-,24-,25+,26-,27-/m1/s1. The summed E-state index contributed by atoms with van der Waals surface area (Å²) in [5.74, 6) is -2.74. The molecule has 41 heavy (non-hydrogen) atoms. The Hall–Kier alpha value is -3.08. The van der Waals surface area contributed by atoms with Crippen molar-refractivity contribution in [2.75, 3.05) is 20.8 Å². The first-order chi connectivity index (χ1) is 19.4. The fourth-order valence-electron chi connectivity index (χ4n) is 5.37. The highest BCUT2D eigenvalue weighted by Crippen LogP contribution is 2.53. The van der Waals surface area contributed by atoms with Crippen molar-refractivity contribution >= 4 is 18.0 Å². The molecule has 6 N–H and O–H groups in total. The molecule has 1 aliphatic carbocycles. The molecule has 2 aliphatic heterocycles. The molecule has 14 heteroatoms. The topological polar surface area (TPSA) is 211 Å². The first-order valence-electron chi connectivity index (χ1n) is 12.7. The van der Waals surface area contributed by atoms with Gasteiger partial charge >= 0.3 is 11.9 Å². The predicted molar refractivity (Wildman–Crippen MR) is 135 cm³/mol. The summed E-state index contributed by atoms with van der Waals surface area (Å²) < 4.78 is 31.9. The molecule has 3 aliphatic rings. The number of aliphatic hydroxyl groups is 6. The number of carbonyl (C=O) groups is 2. The second kappa shape index (κ2) is 12.0. The van der Waals surface area contributed by atoms with Crippen molar-refractivity contribution in [3.05, 3.63) is 47.7 Å². The van der Waals surface area contributed by atoms with E-state index < -0.39 is 85.2 Å². The van der Waals surface area contributed by atoms with Gasteiger partial charge in [-0.1, -0.05) is 12.1 Å². The van der Waals surface area contributed by atoms with Crippen LogP contribution in [0.25, 0.3) is 6.08 Å². The molecule has 0 radical (unpaired) electrons. The SMILES string of the molecule is COC(=O)C1=CO[C@@H](O[C@H]2O[C@H](CO)[C@@H](O)[C@H](O)[C@H]2O)[C@@H]2[C@](C)(O)[C@@H](OC(=O)C=Cc3ccc(OC)cc3)C[C@@]12O. The minimum Gasteiger partial charge on any atom is -0.497 e. The summed E-state index contributed by atoms with van der Waals surface area (Å²) in [6, 6.07) is 6.81. The maximum atomic E-state index is 12.7. The van der Waals surface area contributed by atoms with Crippen LogP contribution in [0, 0.1) is 5.92 Å². The van der Waals surface area contributed by atoms with Crippen molar-refractivity contribution in [1.82, 2.24) is 0 Å². The molecule has 2 fully saturated rings. The summed E-state index contributed by atoms with van der Waals surface area (Å²) in [4.78, 5) is 25.3. The average Bonchev–Trinajstić information content (AvgIpc) is 3.16. The van der Waals surface area contributed by atoms with Gasteiger partial charge in [-0.3, -0.25) is 0 Å². The first kappa shape index (κ1) is 30.9. The molecule has 1 saturated carbocycles. The van der Waals surface area contributed by atoms with Crippen molar-refractivity contribution < 1.29 is 68.6 Å². The quantitative estimate of drug-likeness (QED) is 0.150. The molecule has 1 aromatic rings. The lowest BCUT2D eigenvalue weighted by molar-refractivity contribution is -0.352. The van der Waals surface area contributed by atoms with Crippen LogP contribution in [0.2, 0.25) is 0 Å². The van der Waals surface area contributed by atoms with Crippen molar-refractivity contribution in [2.45, 2.75) is 67.6 Å². The van der Waals surface area contributed by atoms with Gasteiger partial charge in [-0.25, -0.2) is 9.59 Å². The lowest BCUT2D eigenvalue weighted by Crippen LogP contribution is -2.62. The molecule has 226 valence electrons. The fraction of sp³-hybridized carbons (Fsp3) is 0.556. The zero-order valence-corrected chi connectivity index (χ0v) is 22.5. The van der Waals surface area contributed by atoms with E-state index in [-0.39, 0.29) is 5.57 Å². The van der Waals surface area contributed by atoms with Gasteiger partial charge in [0.25, 0.3) is 0 Å². The lowest BCUT2D eigenvalue weighted by atomic mass is 9.77. The average molecular weight is 583 g/mol. The summed E-state index contributed by atoms with van der Waals surface area (Å²) in [6.07, 6.45) is -8.29. The van der Waals surface area contributed by atoms with E-state index in [1.807, 2.05) is 0 Å². The summed E-state index contributed by atoms with van der Waals surface area (Å²) in [6.45, 7) is 0.518. The van der Waals surface area contributed by atoms with E-state index >= 15 is 0 Å². The van der Waals surface area contributed by atoms with Crippen molar-refractivity contribution in [1.29, 1.82) is 0 Å². The Bertz CT molecular complexity index is 1160. The van der Waals surface area contributed by atoms with Crippen LogP contribution in [0.4, 0.5) is 0 Å². The van der Waals surface area contributed by atoms with Gasteiger partial charge in [0.2, 0.25) is 6.29 Å². The minimum atomic E-state index is -2.21. The van der Waals surface area contributed by atoms with Gasteiger partial charge in [0.1, 0.15) is 53.0 Å². The maximum Gasteiger partial charge on any atom is 0.339 e. The van der Waals surface area contributed by atoms with Crippen LogP contribution >= 0.6 is 0 Å². The van der Waals surface area contributed by atoms with Gasteiger partial charge in [0, 0.05) is 12.5 Å². The highest BCUT2D eigenvalue weighted by molar-refractivity contribution is 5.91. The molecule has 14 nitrogen and oxygen atoms in total. The Morgan fingerprint density at radius 3 is 2.34 bits per heavy atom. The van der Waals surface area contributed by atoms with E-state index in [0.29, 0.717) is 11.3 Å². The monoisotopic (exact) mass is 582 g/mol. The van der Waals surface area contributed by atoms with Gasteiger partial charge in [0.05, 0.1) is 33.0 Å². The normalized spacial score (nSPS) is 38.5. The van der Waals surface area contributed by atoms with Crippen LogP contribution in [0.15, 0.2) is 42.2 Å². The molecule has 0 aromatic heterocycles. The molecule has 0 amide bonds. The molecule has 10 atom stereocenters. The molecule has 4 rings (SSSR count). The first-order valence-corrected chi connectivity index (χ1v) is 12.7. The number of hydrogen-bond acceptors (Lipinski definition) is 14. The van der Waals surface area contributed by atoms with Crippen LogP contribution in [-0.4, -0.2) is 118 Å². The lowest BCUT2D eigenvalue weighted by Gasteiger charge is -2.46. The van der Waals surface area contributed by atoms with Crippen molar-refractivity contribution in [3.63, 3.8) is 0 Å². The number of hydrogen-bond donors (Lipinski definition) is 6. The molecule has 1 aromatic carbocycles. The van der Waals surface area contributed by atoms with Gasteiger partial charge in [0.15, 0.2) is 6.29 Å². The van der Waals surface area contributed by atoms with Crippen LogP contribution in [-0.2, 0) is 33.3 Å². The molecular weight excluding hydrogens is 548 g/mol. The van der Waals surface area contributed by atoms with Gasteiger partial charge in [-0.2, -0.15) is 0 Å². The largest absolute Gasteiger partial charge is 0.497 e. The third-order valence-corrected chi connectivity index (χ3v) is 7.66. The highest BCUT2D eigenvalue weighted by Gasteiger charge is 2.69. The molecule has 2 heterocycles. The summed E-state index contributed by atoms with van der Waals surface area (Å²) >= 11 is 0. The predicted octanol–water partition coefficient (Wildman–Crippen LogP) is -1.65. The second-order valence-corrected chi connectivity index (χ2v) is 10.2. The Morgan fingerprint density at radius 1 is 1.05 bits per heavy atom. The van der Waals surface area contributed by atoms with Gasteiger partial charge in [-0.05, 0) is 30.7 Å². The third-order valence-electron chi connectivity index (χ3n) is 7.66. The number of carbonyl (C=O) groups excluding carboxylic acids is 2. The Balaban J connectivity index is 1.58. The van der Waals surface area contributed by atoms with E-state index in [1.165, 1.54) is 20.1 Å². The van der Waals surface area contributed by atoms with E-state index in [2.05, 4.69) is 0 Å². The number of fused-ring (bicyclic) bond motifs is 1. The third kappa shape index (κ3) is 5.82. The van der Waals surface area contributed by atoms with E-state index in [1.54, 1.807) is 24.3 Å². The number of methoxy groups -OCH3 is 2. The smallest absolute Gasteiger partial charge is 0.339 e. The second-order valence-electron chi connectivity index (χ2n) is 10.2. The number of ether oxygens (including phenoxy) is 6. The fourth-order valence-corrected chi connectivity index (χ4v) is 5.37. The number of esters is 2. The van der Waals surface area contributed by atoms with Crippen LogP contribution in [0.3, 0.4) is 0 Å². The van der Waals surface area contributed by atoms with Crippen LogP contribution in [0.5, 0.6) is 5.75 Å². The number of benzene rings is 1. The zero-order valence-electron chi connectivity index (χ0n) is 22.5. The van der Waals surface area contributed by atoms with Crippen LogP contribution < -0.4 is 4.74 Å². The molecule has 0 unspecified atom stereocenters. The Morgan fingerprint density at radius 2 is 1.73 bits per heavy atom. The van der Waals surface area contributed by atoms with Gasteiger partial charge in [-0.15, -0.1) is 0 Å². The Kier molecular flexibility index (Phi) is 9.06. The summed E-state index contributed by atoms with van der Waals surface area (Å²) in [5.41, 5.74) is -4.03. The number of aliphatic hydroxyl groups excluding tert-OH is 4. The molecule has 0 spiro atoms. The highest BCUT2D eigenvalue weighted by atomic mass is 16.8. The van der Waals surface area contributed by atoms with E-state index in [9.17, 15) is 40.2 Å². The summed E-state index contributed by atoms with van der Waals surface area (Å²) in [7, 11) is 2.60. The van der Waals surface area contributed by atoms with Crippen LogP contribution in [0.1, 0.15) is 18.9 Å². The van der Waals surface area contributed by atoms with E-state index in [0.717, 1.165) is 19.4 Å². The molecule has 1 saturated heterocycles. The number of rotatable bonds is 8. The minimum absolute atomic E-state index is 0.383. The maximum absolute atomic E-state index is 12.7.